The van der Waals surface area contributed by atoms with Crippen LogP contribution in [0.5, 0.6) is 0 Å². The maximum Gasteiger partial charge on any atom is 0.325 e. The first kappa shape index (κ1) is 16.8. The monoisotopic (exact) mass is 386 g/mol. The molecule has 1 aromatic heterocycles. The number of benzene rings is 2. The number of aromatic nitrogens is 1. The van der Waals surface area contributed by atoms with E-state index in [0.29, 0.717) is 23.2 Å². The lowest BCUT2D eigenvalue weighted by atomic mass is 10.3. The first-order valence-electron chi connectivity index (χ1n) is 8.07. The number of nitrogens with zero attached hydrogens (tertiary/aromatic N) is 3. The van der Waals surface area contributed by atoms with Crippen LogP contribution in [0.15, 0.2) is 48.5 Å². The third-order valence-corrected chi connectivity index (χ3v) is 5.26. The number of halogens is 1. The van der Waals surface area contributed by atoms with Crippen LogP contribution < -0.4 is 10.2 Å². The van der Waals surface area contributed by atoms with Gasteiger partial charge in [0.05, 0.1) is 10.2 Å². The van der Waals surface area contributed by atoms with E-state index in [2.05, 4.69) is 10.3 Å². The molecular formula is C18H15ClN4O2S. The Hall–Kier alpha value is -2.64. The molecule has 132 valence electrons. The van der Waals surface area contributed by atoms with Gasteiger partial charge in [-0.05, 0) is 30.3 Å². The number of hydrogen-bond donors (Lipinski definition) is 1. The number of urea groups is 1. The van der Waals surface area contributed by atoms with Crippen LogP contribution in [0.4, 0.5) is 15.6 Å². The van der Waals surface area contributed by atoms with Crippen molar-refractivity contribution in [3.63, 3.8) is 0 Å². The molecular weight excluding hydrogens is 372 g/mol. The number of nitrogens with one attached hydrogen (secondary N) is 1. The summed E-state index contributed by atoms with van der Waals surface area (Å²) < 4.78 is 0.903. The van der Waals surface area contributed by atoms with Crippen LogP contribution in [-0.2, 0) is 4.79 Å². The van der Waals surface area contributed by atoms with Crippen molar-refractivity contribution in [3.05, 3.63) is 53.6 Å². The first-order valence-corrected chi connectivity index (χ1v) is 9.27. The zero-order chi connectivity index (χ0) is 18.1. The number of para-hydroxylation sites is 1. The van der Waals surface area contributed by atoms with Gasteiger partial charge in [0.15, 0.2) is 5.13 Å². The zero-order valence-electron chi connectivity index (χ0n) is 13.7. The quantitative estimate of drug-likeness (QED) is 0.741. The minimum Gasteiger partial charge on any atom is -0.313 e. The second-order valence-electron chi connectivity index (χ2n) is 5.87. The highest BCUT2D eigenvalue weighted by Gasteiger charge is 2.30. The smallest absolute Gasteiger partial charge is 0.313 e. The van der Waals surface area contributed by atoms with E-state index in [1.165, 1.54) is 16.2 Å². The van der Waals surface area contributed by atoms with Gasteiger partial charge in [0.2, 0.25) is 5.91 Å². The lowest BCUT2D eigenvalue weighted by Gasteiger charge is -2.18. The average Bonchev–Trinajstić information content (AvgIpc) is 3.18. The van der Waals surface area contributed by atoms with Gasteiger partial charge in [0.1, 0.15) is 6.54 Å². The molecule has 1 fully saturated rings. The molecule has 1 saturated heterocycles. The molecule has 1 N–H and O–H groups in total. The summed E-state index contributed by atoms with van der Waals surface area (Å²) >= 11 is 7.32. The average molecular weight is 387 g/mol. The van der Waals surface area contributed by atoms with Crippen LogP contribution in [0.25, 0.3) is 10.2 Å². The molecule has 2 heterocycles. The lowest BCUT2D eigenvalue weighted by Crippen LogP contribution is -2.37. The van der Waals surface area contributed by atoms with Gasteiger partial charge in [-0.1, -0.05) is 41.1 Å². The van der Waals surface area contributed by atoms with Crippen molar-refractivity contribution in [1.82, 2.24) is 9.88 Å². The molecule has 26 heavy (non-hydrogen) atoms. The highest BCUT2D eigenvalue weighted by molar-refractivity contribution is 7.22. The molecule has 3 amide bonds. The standard InChI is InChI=1S/C18H15ClN4O2S/c19-12-6-7-14-15(10-12)26-17(20-14)21-16(24)11-22-8-9-23(18(22)25)13-4-2-1-3-5-13/h1-7,10H,8-9,11H2,(H,20,21,24). The number of hydrogen-bond acceptors (Lipinski definition) is 4. The molecule has 0 spiro atoms. The van der Waals surface area contributed by atoms with E-state index in [9.17, 15) is 9.59 Å². The summed E-state index contributed by atoms with van der Waals surface area (Å²) in [5.41, 5.74) is 1.62. The molecule has 6 nitrogen and oxygen atoms in total. The fourth-order valence-corrected chi connectivity index (χ4v) is 4.02. The van der Waals surface area contributed by atoms with Gasteiger partial charge in [0.25, 0.3) is 0 Å². The number of carbonyl (C=O) groups excluding carboxylic acids is 2. The Morgan fingerprint density at radius 1 is 1.19 bits per heavy atom. The van der Waals surface area contributed by atoms with E-state index in [0.717, 1.165) is 15.9 Å². The number of fused-ring (bicyclic) bond motifs is 1. The zero-order valence-corrected chi connectivity index (χ0v) is 15.3. The maximum absolute atomic E-state index is 12.5. The number of rotatable bonds is 4. The van der Waals surface area contributed by atoms with Gasteiger partial charge in [-0.25, -0.2) is 9.78 Å². The van der Waals surface area contributed by atoms with E-state index < -0.39 is 0 Å². The topological polar surface area (TPSA) is 65.5 Å². The Balaban J connectivity index is 1.41. The van der Waals surface area contributed by atoms with Crippen molar-refractivity contribution >= 4 is 55.9 Å². The van der Waals surface area contributed by atoms with Crippen molar-refractivity contribution in [2.24, 2.45) is 0 Å². The van der Waals surface area contributed by atoms with Crippen molar-refractivity contribution in [2.75, 3.05) is 29.9 Å². The molecule has 0 saturated carbocycles. The molecule has 1 aliphatic rings. The van der Waals surface area contributed by atoms with Crippen LogP contribution in [-0.4, -0.2) is 41.5 Å². The summed E-state index contributed by atoms with van der Waals surface area (Å²) in [6.07, 6.45) is 0. The maximum atomic E-state index is 12.5. The van der Waals surface area contributed by atoms with Crippen LogP contribution in [0.3, 0.4) is 0 Å². The molecule has 8 heteroatoms. The second kappa shape index (κ2) is 6.93. The van der Waals surface area contributed by atoms with Crippen molar-refractivity contribution < 1.29 is 9.59 Å². The van der Waals surface area contributed by atoms with Crippen LogP contribution in [0.1, 0.15) is 0 Å². The van der Waals surface area contributed by atoms with Crippen molar-refractivity contribution in [3.8, 4) is 0 Å². The number of thiazole rings is 1. The number of amides is 3. The van der Waals surface area contributed by atoms with Gasteiger partial charge >= 0.3 is 6.03 Å². The minimum atomic E-state index is -0.265. The predicted octanol–water partition coefficient (Wildman–Crippen LogP) is 3.83. The third kappa shape index (κ3) is 3.36. The molecule has 0 unspecified atom stereocenters. The van der Waals surface area contributed by atoms with E-state index in [1.54, 1.807) is 11.0 Å². The fourth-order valence-electron chi connectivity index (χ4n) is 2.86. The summed E-state index contributed by atoms with van der Waals surface area (Å²) in [5.74, 6) is -0.265. The molecule has 0 bridgehead atoms. The Morgan fingerprint density at radius 3 is 2.81 bits per heavy atom. The Morgan fingerprint density at radius 2 is 2.00 bits per heavy atom. The summed E-state index contributed by atoms with van der Waals surface area (Å²) in [6.45, 7) is 1.07. The lowest BCUT2D eigenvalue weighted by molar-refractivity contribution is -0.116. The van der Waals surface area contributed by atoms with Gasteiger partial charge in [-0.3, -0.25) is 9.69 Å². The van der Waals surface area contributed by atoms with Crippen LogP contribution >= 0.6 is 22.9 Å². The highest BCUT2D eigenvalue weighted by Crippen LogP contribution is 2.28. The van der Waals surface area contributed by atoms with Crippen molar-refractivity contribution in [1.29, 1.82) is 0 Å². The van der Waals surface area contributed by atoms with E-state index >= 15 is 0 Å². The largest absolute Gasteiger partial charge is 0.325 e. The van der Waals surface area contributed by atoms with E-state index in [4.69, 9.17) is 11.6 Å². The SMILES string of the molecule is O=C(CN1CCN(c2ccccc2)C1=O)Nc1nc2ccc(Cl)cc2s1. The van der Waals surface area contributed by atoms with Gasteiger partial charge < -0.3 is 10.2 Å². The Bertz CT molecular complexity index is 976. The summed E-state index contributed by atoms with van der Waals surface area (Å²) in [6, 6.07) is 14.7. The molecule has 1 aliphatic heterocycles. The first-order chi connectivity index (χ1) is 12.6. The summed E-state index contributed by atoms with van der Waals surface area (Å²) in [5, 5.41) is 3.89. The van der Waals surface area contributed by atoms with E-state index in [-0.39, 0.29) is 18.5 Å². The molecule has 3 aromatic rings. The van der Waals surface area contributed by atoms with Crippen LogP contribution in [0.2, 0.25) is 5.02 Å². The molecule has 0 atom stereocenters. The molecule has 4 rings (SSSR count). The van der Waals surface area contributed by atoms with E-state index in [1.807, 2.05) is 42.5 Å². The minimum absolute atomic E-state index is 0.00114. The van der Waals surface area contributed by atoms with Crippen molar-refractivity contribution in [2.45, 2.75) is 0 Å². The van der Waals surface area contributed by atoms with Crippen LogP contribution in [0, 0.1) is 0 Å². The molecule has 0 radical (unpaired) electrons. The Kier molecular flexibility index (Phi) is 4.48. The fraction of sp³-hybridized carbons (Fsp3) is 0.167. The number of anilines is 2. The predicted molar refractivity (Wildman–Crippen MR) is 104 cm³/mol. The molecule has 0 aliphatic carbocycles. The molecule has 2 aromatic carbocycles. The van der Waals surface area contributed by atoms with Gasteiger partial charge in [-0.15, -0.1) is 0 Å². The normalized spacial score (nSPS) is 14.3. The highest BCUT2D eigenvalue weighted by atomic mass is 35.5. The third-order valence-electron chi connectivity index (χ3n) is 4.09. The second-order valence-corrected chi connectivity index (χ2v) is 7.34. The van der Waals surface area contributed by atoms with Gasteiger partial charge in [0, 0.05) is 23.8 Å². The summed E-state index contributed by atoms with van der Waals surface area (Å²) in [4.78, 5) is 32.4. The Labute approximate surface area is 159 Å². The number of carbonyl (C=O) groups is 2. The summed E-state index contributed by atoms with van der Waals surface area (Å²) in [7, 11) is 0. The van der Waals surface area contributed by atoms with Gasteiger partial charge in [-0.2, -0.15) is 0 Å².